The molecule has 2 aliphatic carbocycles. The number of alkyl carbamates (subject to hydrolysis) is 1. The standard InChI is InChI=1S/C26H40N4O7S/c1-25(2,3)28-24(34)37-20-12-8-6-4-5-7-10-17-16-26(17,23(33)29-38(35,36)18-13-14-18)27-21(31)19-11-9-15-30(19)22(20)32/h7,10,17-20H,4-6,8-9,11-16H2,1-3H3,(H,27,31)(H,28,34)(H,29,33)/b10-7+/t17-,19+,20+,26-/m1/s1. The van der Waals surface area contributed by atoms with Crippen molar-refractivity contribution in [2.45, 2.75) is 113 Å². The third-order valence-corrected chi connectivity index (χ3v) is 9.33. The monoisotopic (exact) mass is 552 g/mol. The van der Waals surface area contributed by atoms with Crippen molar-refractivity contribution in [1.82, 2.24) is 20.3 Å². The van der Waals surface area contributed by atoms with Crippen LogP contribution in [-0.2, 0) is 29.1 Å². The molecule has 4 aliphatic rings. The molecular weight excluding hydrogens is 512 g/mol. The van der Waals surface area contributed by atoms with Crippen LogP contribution in [0.2, 0.25) is 0 Å². The van der Waals surface area contributed by atoms with Crippen molar-refractivity contribution in [2.24, 2.45) is 5.92 Å². The molecule has 0 aromatic carbocycles. The molecule has 3 fully saturated rings. The molecule has 4 atom stereocenters. The average Bonchev–Trinajstić information content (AvgIpc) is 3.72. The van der Waals surface area contributed by atoms with E-state index in [1.807, 2.05) is 32.9 Å². The Morgan fingerprint density at radius 2 is 1.82 bits per heavy atom. The second-order valence-corrected chi connectivity index (χ2v) is 13.9. The van der Waals surface area contributed by atoms with Crippen LogP contribution in [0.1, 0.15) is 85.0 Å². The van der Waals surface area contributed by atoms with Crippen LogP contribution >= 0.6 is 0 Å². The quantitative estimate of drug-likeness (QED) is 0.451. The molecule has 1 saturated heterocycles. The van der Waals surface area contributed by atoms with Crippen molar-refractivity contribution in [1.29, 1.82) is 0 Å². The zero-order valence-electron chi connectivity index (χ0n) is 22.5. The van der Waals surface area contributed by atoms with Crippen molar-refractivity contribution in [3.05, 3.63) is 12.2 Å². The van der Waals surface area contributed by atoms with Gasteiger partial charge < -0.3 is 20.3 Å². The van der Waals surface area contributed by atoms with Crippen LogP contribution in [0.25, 0.3) is 0 Å². The number of hydrogen-bond acceptors (Lipinski definition) is 7. The predicted molar refractivity (Wildman–Crippen MR) is 139 cm³/mol. The van der Waals surface area contributed by atoms with Gasteiger partial charge >= 0.3 is 6.09 Å². The van der Waals surface area contributed by atoms with Gasteiger partial charge in [-0.3, -0.25) is 19.1 Å². The predicted octanol–water partition coefficient (Wildman–Crippen LogP) is 1.87. The van der Waals surface area contributed by atoms with Gasteiger partial charge in [-0.1, -0.05) is 18.6 Å². The van der Waals surface area contributed by atoms with Crippen LogP contribution in [0, 0.1) is 5.92 Å². The molecule has 0 aromatic rings. The molecule has 0 radical (unpaired) electrons. The summed E-state index contributed by atoms with van der Waals surface area (Å²) in [5, 5.41) is 4.96. The smallest absolute Gasteiger partial charge is 0.408 e. The number of sulfonamides is 1. The molecule has 2 saturated carbocycles. The van der Waals surface area contributed by atoms with Gasteiger partial charge in [-0.05, 0) is 78.6 Å². The van der Waals surface area contributed by atoms with Crippen LogP contribution in [-0.4, -0.2) is 72.2 Å². The number of nitrogens with one attached hydrogen (secondary N) is 3. The number of ether oxygens (including phenoxy) is 1. The van der Waals surface area contributed by atoms with Gasteiger partial charge in [-0.15, -0.1) is 0 Å². The minimum absolute atomic E-state index is 0.292. The SMILES string of the molecule is CC(C)(C)NC(=O)O[C@H]1CCCCC/C=C/[C@@H]2C[C@@]2(C(=O)NS(=O)(=O)C2CC2)NC(=O)[C@@H]2CCCN2C1=O. The Kier molecular flexibility index (Phi) is 8.11. The zero-order valence-corrected chi connectivity index (χ0v) is 23.3. The summed E-state index contributed by atoms with van der Waals surface area (Å²) >= 11 is 0. The molecule has 2 aliphatic heterocycles. The maximum atomic E-state index is 13.6. The second-order valence-electron chi connectivity index (χ2n) is 12.0. The van der Waals surface area contributed by atoms with Crippen LogP contribution in [0.5, 0.6) is 0 Å². The summed E-state index contributed by atoms with van der Waals surface area (Å²) < 4.78 is 32.7. The number of carbonyl (C=O) groups excluding carboxylic acids is 4. The molecule has 2 heterocycles. The lowest BCUT2D eigenvalue weighted by Gasteiger charge is -2.30. The van der Waals surface area contributed by atoms with Crippen molar-refractivity contribution >= 4 is 33.8 Å². The summed E-state index contributed by atoms with van der Waals surface area (Å²) in [5.74, 6) is -1.98. The molecule has 38 heavy (non-hydrogen) atoms. The number of nitrogens with zero attached hydrogens (tertiary/aromatic N) is 1. The third-order valence-electron chi connectivity index (χ3n) is 7.51. The number of rotatable bonds is 4. The van der Waals surface area contributed by atoms with Crippen LogP contribution in [0.15, 0.2) is 12.2 Å². The first-order valence-electron chi connectivity index (χ1n) is 13.7. The maximum Gasteiger partial charge on any atom is 0.408 e. The van der Waals surface area contributed by atoms with Gasteiger partial charge in [-0.25, -0.2) is 13.2 Å². The molecular formula is C26H40N4O7S. The molecule has 0 bridgehead atoms. The van der Waals surface area contributed by atoms with Crippen LogP contribution in [0.3, 0.4) is 0 Å². The first kappa shape index (κ1) is 28.4. The first-order chi connectivity index (χ1) is 17.8. The van der Waals surface area contributed by atoms with Gasteiger partial charge in [-0.2, -0.15) is 0 Å². The Hall–Kier alpha value is -2.63. The van der Waals surface area contributed by atoms with Crippen molar-refractivity contribution in [3.8, 4) is 0 Å². The molecule has 0 aromatic heterocycles. The highest BCUT2D eigenvalue weighted by atomic mass is 32.2. The average molecular weight is 553 g/mol. The van der Waals surface area contributed by atoms with Gasteiger partial charge in [0.15, 0.2) is 6.10 Å². The Labute approximate surface area is 224 Å². The molecule has 3 N–H and O–H groups in total. The second kappa shape index (κ2) is 10.9. The van der Waals surface area contributed by atoms with Gasteiger partial charge in [0.05, 0.1) is 5.25 Å². The Morgan fingerprint density at radius 3 is 2.50 bits per heavy atom. The fourth-order valence-electron chi connectivity index (χ4n) is 5.18. The third kappa shape index (κ3) is 6.68. The number of fused-ring (bicyclic) bond motifs is 2. The Bertz CT molecular complexity index is 1100. The van der Waals surface area contributed by atoms with E-state index >= 15 is 0 Å². The van der Waals surface area contributed by atoms with Crippen LogP contribution in [0.4, 0.5) is 4.79 Å². The van der Waals surface area contributed by atoms with Gasteiger partial charge in [0.25, 0.3) is 11.8 Å². The van der Waals surface area contributed by atoms with E-state index in [0.717, 1.165) is 19.3 Å². The molecule has 212 valence electrons. The molecule has 11 nitrogen and oxygen atoms in total. The molecule has 0 spiro atoms. The largest absolute Gasteiger partial charge is 0.436 e. The van der Waals surface area contributed by atoms with E-state index in [1.165, 1.54) is 4.90 Å². The summed E-state index contributed by atoms with van der Waals surface area (Å²) in [5.41, 5.74) is -1.90. The molecule has 4 amide bonds. The normalized spacial score (nSPS) is 31.6. The minimum atomic E-state index is -3.78. The van der Waals surface area contributed by atoms with Crippen molar-refractivity contribution in [2.75, 3.05) is 6.54 Å². The molecule has 0 unspecified atom stereocenters. The fourth-order valence-corrected chi connectivity index (χ4v) is 6.55. The number of carbonyl (C=O) groups is 4. The van der Waals surface area contributed by atoms with E-state index in [1.54, 1.807) is 0 Å². The maximum absolute atomic E-state index is 13.6. The van der Waals surface area contributed by atoms with Crippen LogP contribution < -0.4 is 15.4 Å². The Morgan fingerprint density at radius 1 is 1.08 bits per heavy atom. The van der Waals surface area contributed by atoms with Crippen molar-refractivity contribution in [3.63, 3.8) is 0 Å². The molecule has 4 rings (SSSR count). The summed E-state index contributed by atoms with van der Waals surface area (Å²) in [4.78, 5) is 54.2. The Balaban J connectivity index is 1.54. The van der Waals surface area contributed by atoms with Gasteiger partial charge in [0.1, 0.15) is 11.6 Å². The highest BCUT2D eigenvalue weighted by Crippen LogP contribution is 2.46. The van der Waals surface area contributed by atoms with Gasteiger partial charge in [0, 0.05) is 18.0 Å². The van der Waals surface area contributed by atoms with Crippen molar-refractivity contribution < 1.29 is 32.3 Å². The van der Waals surface area contributed by atoms with E-state index in [-0.39, 0.29) is 5.92 Å². The fraction of sp³-hybridized carbons (Fsp3) is 0.769. The number of amides is 4. The number of hydrogen-bond donors (Lipinski definition) is 3. The van der Waals surface area contributed by atoms with E-state index in [9.17, 15) is 27.6 Å². The minimum Gasteiger partial charge on any atom is -0.436 e. The summed E-state index contributed by atoms with van der Waals surface area (Å²) in [7, 11) is -3.78. The summed E-state index contributed by atoms with van der Waals surface area (Å²) in [6, 6.07) is -0.834. The van der Waals surface area contributed by atoms with Gasteiger partial charge in [0.2, 0.25) is 15.9 Å². The van der Waals surface area contributed by atoms with E-state index in [4.69, 9.17) is 4.74 Å². The molecule has 12 heteroatoms. The summed E-state index contributed by atoms with van der Waals surface area (Å²) in [6.07, 6.45) is 7.84. The van der Waals surface area contributed by atoms with E-state index in [2.05, 4.69) is 15.4 Å². The zero-order chi connectivity index (χ0) is 27.7. The first-order valence-corrected chi connectivity index (χ1v) is 15.2. The highest BCUT2D eigenvalue weighted by Gasteiger charge is 2.61. The van der Waals surface area contributed by atoms with E-state index in [0.29, 0.717) is 51.5 Å². The lowest BCUT2D eigenvalue weighted by molar-refractivity contribution is -0.146. The van der Waals surface area contributed by atoms with E-state index < -0.39 is 62.3 Å². The summed E-state index contributed by atoms with van der Waals surface area (Å²) in [6.45, 7) is 5.77. The lowest BCUT2D eigenvalue weighted by Crippen LogP contribution is -2.57. The lowest BCUT2D eigenvalue weighted by atomic mass is 10.1. The topological polar surface area (TPSA) is 151 Å². The number of allylic oxidation sites excluding steroid dienone is 1. The highest BCUT2D eigenvalue weighted by molar-refractivity contribution is 7.91.